The molecule has 2 N–H and O–H groups in total. The molecule has 1 heterocycles. The fourth-order valence-electron chi connectivity index (χ4n) is 1.58. The van der Waals surface area contributed by atoms with Crippen LogP contribution in [0.3, 0.4) is 0 Å². The van der Waals surface area contributed by atoms with Crippen LogP contribution < -0.4 is 10.6 Å². The third-order valence-corrected chi connectivity index (χ3v) is 3.05. The lowest BCUT2D eigenvalue weighted by Crippen LogP contribution is -2.12. The summed E-state index contributed by atoms with van der Waals surface area (Å²) in [6, 6.07) is 11.2. The normalized spacial score (nSPS) is 10.1. The van der Waals surface area contributed by atoms with Gasteiger partial charge in [0.2, 0.25) is 5.91 Å². The molecule has 0 atom stereocenters. The molecule has 1 aromatic carbocycles. The molecule has 0 unspecified atom stereocenters. The first-order valence-electron chi connectivity index (χ1n) is 6.33. The fourth-order valence-corrected chi connectivity index (χ4v) is 1.84. The number of anilines is 3. The number of amides is 1. The predicted molar refractivity (Wildman–Crippen MR) is 83.0 cm³/mol. The molecule has 0 saturated carbocycles. The van der Waals surface area contributed by atoms with Crippen LogP contribution in [0, 0.1) is 0 Å². The number of benzene rings is 1. The topological polar surface area (TPSA) is 66.9 Å². The molecule has 2 rings (SSSR count). The van der Waals surface area contributed by atoms with E-state index in [1.54, 1.807) is 12.1 Å². The number of carbonyl (C=O) groups is 1. The Morgan fingerprint density at radius 3 is 2.35 bits per heavy atom. The maximum atomic E-state index is 11.4. The minimum Gasteiger partial charge on any atom is -0.339 e. The van der Waals surface area contributed by atoms with Gasteiger partial charge in [-0.15, -0.1) is 10.2 Å². The summed E-state index contributed by atoms with van der Waals surface area (Å²) in [6.07, 6.45) is 1.29. The van der Waals surface area contributed by atoms with Crippen LogP contribution in [0.5, 0.6) is 0 Å². The molecule has 0 aliphatic carbocycles. The predicted octanol–water partition coefficient (Wildman–Crippen LogP) is 3.72. The standard InChI is InChI=1S/C14H15BrN4O/c1-2-3-14(20)17-13-9-8-12(18-19-13)16-11-6-4-10(15)5-7-11/h4-9H,2-3H2,1H3,(H,16,18)(H,17,19,20). The summed E-state index contributed by atoms with van der Waals surface area (Å²) in [4.78, 5) is 11.4. The minimum absolute atomic E-state index is 0.0459. The maximum Gasteiger partial charge on any atom is 0.225 e. The van der Waals surface area contributed by atoms with Gasteiger partial charge in [-0.25, -0.2) is 0 Å². The first kappa shape index (κ1) is 14.5. The van der Waals surface area contributed by atoms with E-state index in [1.807, 2.05) is 31.2 Å². The Balaban J connectivity index is 1.97. The SMILES string of the molecule is CCCC(=O)Nc1ccc(Nc2ccc(Br)cc2)nn1. The van der Waals surface area contributed by atoms with Gasteiger partial charge in [-0.2, -0.15) is 0 Å². The lowest BCUT2D eigenvalue weighted by atomic mass is 10.3. The molecule has 0 aliphatic heterocycles. The molecule has 1 amide bonds. The molecule has 1 aromatic heterocycles. The summed E-state index contributed by atoms with van der Waals surface area (Å²) in [5.41, 5.74) is 0.922. The second kappa shape index (κ2) is 7.00. The first-order valence-corrected chi connectivity index (χ1v) is 7.13. The monoisotopic (exact) mass is 334 g/mol. The molecule has 20 heavy (non-hydrogen) atoms. The Bertz CT molecular complexity index is 569. The van der Waals surface area contributed by atoms with E-state index in [4.69, 9.17) is 0 Å². The number of aromatic nitrogens is 2. The minimum atomic E-state index is -0.0459. The number of hydrogen-bond acceptors (Lipinski definition) is 4. The highest BCUT2D eigenvalue weighted by Gasteiger charge is 2.03. The van der Waals surface area contributed by atoms with Gasteiger partial charge in [0.1, 0.15) is 0 Å². The summed E-state index contributed by atoms with van der Waals surface area (Å²) in [7, 11) is 0. The summed E-state index contributed by atoms with van der Waals surface area (Å²) >= 11 is 3.38. The third-order valence-electron chi connectivity index (χ3n) is 2.53. The molecule has 104 valence electrons. The van der Waals surface area contributed by atoms with Gasteiger partial charge in [0, 0.05) is 16.6 Å². The molecular formula is C14H15BrN4O. The number of nitrogens with zero attached hydrogens (tertiary/aromatic N) is 2. The second-order valence-corrected chi connectivity index (χ2v) is 5.15. The molecule has 5 nitrogen and oxygen atoms in total. The van der Waals surface area contributed by atoms with Gasteiger partial charge in [0.25, 0.3) is 0 Å². The summed E-state index contributed by atoms with van der Waals surface area (Å²) in [6.45, 7) is 1.95. The smallest absolute Gasteiger partial charge is 0.225 e. The van der Waals surface area contributed by atoms with E-state index in [-0.39, 0.29) is 5.91 Å². The number of halogens is 1. The average Bonchev–Trinajstić information content (AvgIpc) is 2.44. The van der Waals surface area contributed by atoms with Gasteiger partial charge >= 0.3 is 0 Å². The van der Waals surface area contributed by atoms with Crippen LogP contribution in [-0.4, -0.2) is 16.1 Å². The van der Waals surface area contributed by atoms with Crippen molar-refractivity contribution in [3.05, 3.63) is 40.9 Å². The largest absolute Gasteiger partial charge is 0.339 e. The van der Waals surface area contributed by atoms with Crippen molar-refractivity contribution < 1.29 is 4.79 Å². The van der Waals surface area contributed by atoms with E-state index >= 15 is 0 Å². The maximum absolute atomic E-state index is 11.4. The van der Waals surface area contributed by atoms with Crippen molar-refractivity contribution >= 4 is 39.2 Å². The lowest BCUT2D eigenvalue weighted by Gasteiger charge is -2.06. The van der Waals surface area contributed by atoms with E-state index in [9.17, 15) is 4.79 Å². The van der Waals surface area contributed by atoms with Gasteiger partial charge < -0.3 is 10.6 Å². The van der Waals surface area contributed by atoms with Gasteiger partial charge in [-0.1, -0.05) is 22.9 Å². The van der Waals surface area contributed by atoms with E-state index in [2.05, 4.69) is 36.8 Å². The Morgan fingerprint density at radius 2 is 1.75 bits per heavy atom. The van der Waals surface area contributed by atoms with E-state index < -0.39 is 0 Å². The Kier molecular flexibility index (Phi) is 5.06. The summed E-state index contributed by atoms with van der Waals surface area (Å²) in [5, 5.41) is 13.8. The number of hydrogen-bond donors (Lipinski definition) is 2. The van der Waals surface area contributed by atoms with E-state index in [0.717, 1.165) is 16.6 Å². The van der Waals surface area contributed by atoms with Crippen molar-refractivity contribution in [1.82, 2.24) is 10.2 Å². The highest BCUT2D eigenvalue weighted by Crippen LogP contribution is 2.18. The summed E-state index contributed by atoms with van der Waals surface area (Å²) < 4.78 is 1.02. The van der Waals surface area contributed by atoms with E-state index in [1.165, 1.54) is 0 Å². The van der Waals surface area contributed by atoms with Crippen LogP contribution in [0.1, 0.15) is 19.8 Å². The average molecular weight is 335 g/mol. The van der Waals surface area contributed by atoms with Crippen LogP contribution in [0.25, 0.3) is 0 Å². The van der Waals surface area contributed by atoms with Crippen LogP contribution in [0.4, 0.5) is 17.3 Å². The zero-order chi connectivity index (χ0) is 14.4. The lowest BCUT2D eigenvalue weighted by molar-refractivity contribution is -0.116. The molecule has 0 fully saturated rings. The molecule has 6 heteroatoms. The highest BCUT2D eigenvalue weighted by molar-refractivity contribution is 9.10. The second-order valence-electron chi connectivity index (χ2n) is 4.23. The number of carbonyl (C=O) groups excluding carboxylic acids is 1. The summed E-state index contributed by atoms with van der Waals surface area (Å²) in [5.74, 6) is 1.04. The molecule has 0 saturated heterocycles. The molecular weight excluding hydrogens is 320 g/mol. The molecule has 0 bridgehead atoms. The van der Waals surface area contributed by atoms with Crippen molar-refractivity contribution in [3.63, 3.8) is 0 Å². The van der Waals surface area contributed by atoms with Crippen molar-refractivity contribution in [2.24, 2.45) is 0 Å². The Morgan fingerprint density at radius 1 is 1.10 bits per heavy atom. The zero-order valence-electron chi connectivity index (χ0n) is 11.1. The van der Waals surface area contributed by atoms with Crippen molar-refractivity contribution in [1.29, 1.82) is 0 Å². The van der Waals surface area contributed by atoms with Crippen molar-refractivity contribution in [2.45, 2.75) is 19.8 Å². The third kappa shape index (κ3) is 4.31. The first-order chi connectivity index (χ1) is 9.67. The zero-order valence-corrected chi connectivity index (χ0v) is 12.6. The van der Waals surface area contributed by atoms with Crippen LogP contribution in [-0.2, 0) is 4.79 Å². The van der Waals surface area contributed by atoms with Crippen LogP contribution in [0.15, 0.2) is 40.9 Å². The molecule has 2 aromatic rings. The van der Waals surface area contributed by atoms with Crippen molar-refractivity contribution in [2.75, 3.05) is 10.6 Å². The Labute approximate surface area is 125 Å². The molecule has 0 aliphatic rings. The van der Waals surface area contributed by atoms with Gasteiger partial charge in [0.05, 0.1) is 0 Å². The molecule has 0 spiro atoms. The van der Waals surface area contributed by atoms with Crippen molar-refractivity contribution in [3.8, 4) is 0 Å². The van der Waals surface area contributed by atoms with Gasteiger partial charge in [-0.3, -0.25) is 4.79 Å². The quantitative estimate of drug-likeness (QED) is 0.874. The van der Waals surface area contributed by atoms with Gasteiger partial charge in [0.15, 0.2) is 11.6 Å². The fraction of sp³-hybridized carbons (Fsp3) is 0.214. The van der Waals surface area contributed by atoms with Crippen LogP contribution in [0.2, 0.25) is 0 Å². The highest BCUT2D eigenvalue weighted by atomic mass is 79.9. The Hall–Kier alpha value is -1.95. The number of nitrogens with one attached hydrogen (secondary N) is 2. The number of rotatable bonds is 5. The van der Waals surface area contributed by atoms with Gasteiger partial charge in [-0.05, 0) is 42.8 Å². The molecule has 0 radical (unpaired) electrons. The van der Waals surface area contributed by atoms with Crippen LogP contribution >= 0.6 is 15.9 Å². The van der Waals surface area contributed by atoms with E-state index in [0.29, 0.717) is 18.1 Å².